The molecular weight excluding hydrogens is 321 g/mol. The first-order valence-corrected chi connectivity index (χ1v) is 7.83. The topological polar surface area (TPSA) is 66.4 Å². The van der Waals surface area contributed by atoms with E-state index in [1.54, 1.807) is 12.1 Å². The Balaban J connectivity index is 2.30. The Kier molecular flexibility index (Phi) is 4.55. The van der Waals surface area contributed by atoms with Crippen molar-refractivity contribution in [2.24, 2.45) is 0 Å². The van der Waals surface area contributed by atoms with Crippen LogP contribution in [0.3, 0.4) is 0 Å². The minimum atomic E-state index is -3.72. The van der Waals surface area contributed by atoms with Gasteiger partial charge in [-0.3, -0.25) is 4.72 Å². The second-order valence-electron chi connectivity index (χ2n) is 4.07. The predicted molar refractivity (Wildman–Crippen MR) is 79.6 cm³/mol. The van der Waals surface area contributed by atoms with Crippen molar-refractivity contribution in [2.75, 3.05) is 4.72 Å². The van der Waals surface area contributed by atoms with Crippen LogP contribution in [0.1, 0.15) is 5.56 Å². The third kappa shape index (κ3) is 3.64. The summed E-state index contributed by atoms with van der Waals surface area (Å²) in [6, 6.07) is 10.4. The molecule has 2 aromatic rings. The molecule has 0 atom stereocenters. The number of aliphatic hydroxyl groups is 1. The molecule has 0 aliphatic rings. The molecule has 2 aromatic carbocycles. The fraction of sp³-hybridized carbons (Fsp3) is 0.0769. The molecule has 0 aromatic heterocycles. The average molecular weight is 332 g/mol. The molecule has 0 saturated heterocycles. The van der Waals surface area contributed by atoms with Gasteiger partial charge < -0.3 is 5.11 Å². The van der Waals surface area contributed by atoms with Gasteiger partial charge in [0.1, 0.15) is 0 Å². The number of hydrogen-bond acceptors (Lipinski definition) is 3. The molecule has 0 bridgehead atoms. The highest BCUT2D eigenvalue weighted by Crippen LogP contribution is 2.24. The van der Waals surface area contributed by atoms with Crippen LogP contribution < -0.4 is 4.72 Å². The Morgan fingerprint density at radius 3 is 2.05 bits per heavy atom. The van der Waals surface area contributed by atoms with E-state index in [4.69, 9.17) is 28.3 Å². The van der Waals surface area contributed by atoms with Gasteiger partial charge in [0, 0.05) is 10.0 Å². The lowest BCUT2D eigenvalue weighted by Gasteiger charge is -2.09. The normalized spacial score (nSPS) is 11.3. The largest absolute Gasteiger partial charge is 0.392 e. The highest BCUT2D eigenvalue weighted by atomic mass is 35.5. The molecule has 7 heteroatoms. The van der Waals surface area contributed by atoms with Crippen molar-refractivity contribution in [1.82, 2.24) is 0 Å². The monoisotopic (exact) mass is 331 g/mol. The molecule has 0 spiro atoms. The Labute approximate surface area is 127 Å². The molecular formula is C13H11Cl2NO3S. The van der Waals surface area contributed by atoms with Gasteiger partial charge in [-0.25, -0.2) is 8.42 Å². The zero-order valence-corrected chi connectivity index (χ0v) is 12.5. The van der Waals surface area contributed by atoms with Gasteiger partial charge in [-0.05, 0) is 35.9 Å². The van der Waals surface area contributed by atoms with Gasteiger partial charge in [0.15, 0.2) is 0 Å². The van der Waals surface area contributed by atoms with Crippen molar-refractivity contribution in [3.05, 3.63) is 58.1 Å². The number of hydrogen-bond donors (Lipinski definition) is 2. The standard InChI is InChI=1S/C13H11Cl2NO3S/c14-10-5-11(15)7-12(6-10)16-20(18,19)13-3-1-9(8-17)2-4-13/h1-7,16-17H,8H2. The van der Waals surface area contributed by atoms with Crippen LogP contribution in [0.25, 0.3) is 0 Å². The summed E-state index contributed by atoms with van der Waals surface area (Å²) < 4.78 is 26.7. The van der Waals surface area contributed by atoms with E-state index in [1.165, 1.54) is 30.3 Å². The fourth-order valence-corrected chi connectivity index (χ4v) is 3.17. The van der Waals surface area contributed by atoms with E-state index in [-0.39, 0.29) is 17.2 Å². The highest BCUT2D eigenvalue weighted by Gasteiger charge is 2.14. The summed E-state index contributed by atoms with van der Waals surface area (Å²) in [5, 5.41) is 9.61. The third-order valence-corrected chi connectivity index (χ3v) is 4.36. The van der Waals surface area contributed by atoms with Crippen LogP contribution in [0.15, 0.2) is 47.4 Å². The molecule has 0 radical (unpaired) electrons. The van der Waals surface area contributed by atoms with Gasteiger partial charge in [-0.15, -0.1) is 0 Å². The lowest BCUT2D eigenvalue weighted by molar-refractivity contribution is 0.282. The van der Waals surface area contributed by atoms with E-state index in [9.17, 15) is 8.42 Å². The molecule has 2 N–H and O–H groups in total. The van der Waals surface area contributed by atoms with Crippen molar-refractivity contribution in [2.45, 2.75) is 11.5 Å². The maximum Gasteiger partial charge on any atom is 0.261 e. The minimum absolute atomic E-state index is 0.0887. The van der Waals surface area contributed by atoms with E-state index in [2.05, 4.69) is 4.72 Å². The lowest BCUT2D eigenvalue weighted by Crippen LogP contribution is -2.12. The van der Waals surface area contributed by atoms with E-state index >= 15 is 0 Å². The van der Waals surface area contributed by atoms with Gasteiger partial charge in [-0.2, -0.15) is 0 Å². The Hall–Kier alpha value is -1.27. The first kappa shape index (κ1) is 15.1. The molecule has 2 rings (SSSR count). The highest BCUT2D eigenvalue weighted by molar-refractivity contribution is 7.92. The fourth-order valence-electron chi connectivity index (χ4n) is 1.60. The second-order valence-corrected chi connectivity index (χ2v) is 6.62. The van der Waals surface area contributed by atoms with Crippen LogP contribution in [0.2, 0.25) is 10.0 Å². The SMILES string of the molecule is O=S(=O)(Nc1cc(Cl)cc(Cl)c1)c1ccc(CO)cc1. The van der Waals surface area contributed by atoms with Gasteiger partial charge in [0.2, 0.25) is 0 Å². The van der Waals surface area contributed by atoms with Gasteiger partial charge >= 0.3 is 0 Å². The summed E-state index contributed by atoms with van der Waals surface area (Å²) in [4.78, 5) is 0.0887. The molecule has 106 valence electrons. The number of aliphatic hydroxyl groups excluding tert-OH is 1. The second kappa shape index (κ2) is 6.01. The van der Waals surface area contributed by atoms with Crippen LogP contribution in [0.4, 0.5) is 5.69 Å². The predicted octanol–water partition coefficient (Wildman–Crippen LogP) is 3.29. The van der Waals surface area contributed by atoms with Crippen molar-refractivity contribution >= 4 is 38.9 Å². The number of benzene rings is 2. The summed E-state index contributed by atoms with van der Waals surface area (Å²) >= 11 is 11.6. The quantitative estimate of drug-likeness (QED) is 0.903. The number of halogens is 2. The Morgan fingerprint density at radius 1 is 1.00 bits per heavy atom. The van der Waals surface area contributed by atoms with Gasteiger partial charge in [0.25, 0.3) is 10.0 Å². The van der Waals surface area contributed by atoms with Crippen LogP contribution in [-0.4, -0.2) is 13.5 Å². The van der Waals surface area contributed by atoms with Gasteiger partial charge in [-0.1, -0.05) is 35.3 Å². The molecule has 4 nitrogen and oxygen atoms in total. The first-order chi connectivity index (χ1) is 9.40. The smallest absolute Gasteiger partial charge is 0.261 e. The van der Waals surface area contributed by atoms with Crippen molar-refractivity contribution in [1.29, 1.82) is 0 Å². The molecule has 0 aliphatic heterocycles. The van der Waals surface area contributed by atoms with Crippen LogP contribution in [0.5, 0.6) is 0 Å². The maximum atomic E-state index is 12.2. The molecule has 0 saturated carbocycles. The Bertz CT molecular complexity index is 695. The van der Waals surface area contributed by atoms with Crippen LogP contribution >= 0.6 is 23.2 Å². The molecule has 20 heavy (non-hydrogen) atoms. The maximum absolute atomic E-state index is 12.2. The van der Waals surface area contributed by atoms with Crippen LogP contribution in [-0.2, 0) is 16.6 Å². The number of rotatable bonds is 4. The summed E-state index contributed by atoms with van der Waals surface area (Å²) in [7, 11) is -3.72. The average Bonchev–Trinajstić information content (AvgIpc) is 2.37. The first-order valence-electron chi connectivity index (χ1n) is 5.59. The van der Waals surface area contributed by atoms with E-state index in [1.807, 2.05) is 0 Å². The third-order valence-electron chi connectivity index (χ3n) is 2.53. The molecule has 0 fully saturated rings. The van der Waals surface area contributed by atoms with Crippen molar-refractivity contribution in [3.63, 3.8) is 0 Å². The number of anilines is 1. The number of sulfonamides is 1. The Morgan fingerprint density at radius 2 is 1.55 bits per heavy atom. The van der Waals surface area contributed by atoms with Crippen molar-refractivity contribution < 1.29 is 13.5 Å². The van der Waals surface area contributed by atoms with Gasteiger partial charge in [0.05, 0.1) is 17.2 Å². The minimum Gasteiger partial charge on any atom is -0.392 e. The molecule has 0 aliphatic carbocycles. The number of nitrogens with one attached hydrogen (secondary N) is 1. The van der Waals surface area contributed by atoms with E-state index < -0.39 is 10.0 Å². The zero-order chi connectivity index (χ0) is 14.8. The molecule has 0 unspecified atom stereocenters. The molecule has 0 heterocycles. The lowest BCUT2D eigenvalue weighted by atomic mass is 10.2. The summed E-state index contributed by atoms with van der Waals surface area (Å²) in [6.45, 7) is -0.141. The van der Waals surface area contributed by atoms with Crippen LogP contribution in [0, 0.1) is 0 Å². The van der Waals surface area contributed by atoms with Crippen molar-refractivity contribution in [3.8, 4) is 0 Å². The zero-order valence-electron chi connectivity index (χ0n) is 10.2. The van der Waals surface area contributed by atoms with E-state index in [0.717, 1.165) is 0 Å². The summed E-state index contributed by atoms with van der Waals surface area (Å²) in [5.41, 5.74) is 0.920. The molecule has 0 amide bonds. The van der Waals surface area contributed by atoms with E-state index in [0.29, 0.717) is 15.6 Å². The summed E-state index contributed by atoms with van der Waals surface area (Å²) in [5.74, 6) is 0. The summed E-state index contributed by atoms with van der Waals surface area (Å²) in [6.07, 6.45) is 0.